The molecule has 2 rings (SSSR count). The van der Waals surface area contributed by atoms with E-state index in [-0.39, 0.29) is 11.7 Å². The average molecular weight is 261 g/mol. The number of carbonyl (C=O) groups excluding carboxylic acids is 1. The van der Waals surface area contributed by atoms with Gasteiger partial charge in [-0.2, -0.15) is 0 Å². The summed E-state index contributed by atoms with van der Waals surface area (Å²) in [6.07, 6.45) is 4.66. The fourth-order valence-electron chi connectivity index (χ4n) is 2.83. The summed E-state index contributed by atoms with van der Waals surface area (Å²) in [6.45, 7) is 5.66. The third-order valence-corrected chi connectivity index (χ3v) is 4.07. The van der Waals surface area contributed by atoms with Crippen molar-refractivity contribution < 1.29 is 9.90 Å². The predicted octanol–water partition coefficient (Wildman–Crippen LogP) is 3.35. The monoisotopic (exact) mass is 261 g/mol. The Morgan fingerprint density at radius 2 is 2.05 bits per heavy atom. The second-order valence-electron chi connectivity index (χ2n) is 5.50. The summed E-state index contributed by atoms with van der Waals surface area (Å²) < 4.78 is 0. The Bertz CT molecular complexity index is 448. The average Bonchev–Trinajstić information content (AvgIpc) is 2.42. The highest BCUT2D eigenvalue weighted by Gasteiger charge is 2.24. The van der Waals surface area contributed by atoms with Gasteiger partial charge in [-0.05, 0) is 37.3 Å². The number of phenols is 1. The van der Waals surface area contributed by atoms with Crippen molar-refractivity contribution in [3.63, 3.8) is 0 Å². The third kappa shape index (κ3) is 3.09. The van der Waals surface area contributed by atoms with Crippen molar-refractivity contribution in [2.75, 3.05) is 13.1 Å². The van der Waals surface area contributed by atoms with E-state index in [0.29, 0.717) is 5.56 Å². The van der Waals surface area contributed by atoms with Gasteiger partial charge in [0.1, 0.15) is 5.75 Å². The Kier molecular flexibility index (Phi) is 4.46. The van der Waals surface area contributed by atoms with E-state index in [4.69, 9.17) is 0 Å². The number of benzene rings is 1. The summed E-state index contributed by atoms with van der Waals surface area (Å²) in [5.41, 5.74) is 1.20. The number of amides is 1. The zero-order valence-corrected chi connectivity index (χ0v) is 11.9. The van der Waals surface area contributed by atoms with E-state index < -0.39 is 0 Å². The quantitative estimate of drug-likeness (QED) is 0.906. The molecule has 1 aliphatic heterocycles. The van der Waals surface area contributed by atoms with Gasteiger partial charge in [-0.3, -0.25) is 4.79 Å². The number of carbonyl (C=O) groups is 1. The Balaban J connectivity index is 2.03. The lowest BCUT2D eigenvalue weighted by atomic mass is 9.92. The summed E-state index contributed by atoms with van der Waals surface area (Å²) in [6, 6.07) is 5.36. The molecule has 3 heteroatoms. The first-order valence-electron chi connectivity index (χ1n) is 7.21. The van der Waals surface area contributed by atoms with Crippen molar-refractivity contribution >= 4 is 5.91 Å². The number of aromatic hydroxyl groups is 1. The van der Waals surface area contributed by atoms with E-state index in [1.54, 1.807) is 6.07 Å². The number of hydrogen-bond donors (Lipinski definition) is 1. The highest BCUT2D eigenvalue weighted by atomic mass is 16.3. The molecule has 0 radical (unpaired) electrons. The number of likely N-dealkylation sites (tertiary alicyclic amines) is 1. The molecule has 0 atom stereocenters. The zero-order valence-electron chi connectivity index (χ0n) is 11.9. The van der Waals surface area contributed by atoms with Crippen molar-refractivity contribution in [1.29, 1.82) is 0 Å². The first kappa shape index (κ1) is 13.9. The van der Waals surface area contributed by atoms with Gasteiger partial charge in [0.25, 0.3) is 5.91 Å². The van der Waals surface area contributed by atoms with Crippen LogP contribution in [0.1, 0.15) is 48.5 Å². The van der Waals surface area contributed by atoms with Gasteiger partial charge in [0.15, 0.2) is 0 Å². The van der Waals surface area contributed by atoms with E-state index in [0.717, 1.165) is 37.4 Å². The largest absolute Gasteiger partial charge is 0.507 e. The topological polar surface area (TPSA) is 40.5 Å². The van der Waals surface area contributed by atoms with Crippen LogP contribution in [0.2, 0.25) is 0 Å². The van der Waals surface area contributed by atoms with Gasteiger partial charge >= 0.3 is 0 Å². The van der Waals surface area contributed by atoms with Crippen LogP contribution in [0.25, 0.3) is 0 Å². The normalized spacial score (nSPS) is 16.6. The molecular weight excluding hydrogens is 238 g/mol. The van der Waals surface area contributed by atoms with Gasteiger partial charge in [-0.15, -0.1) is 0 Å². The SMILES string of the molecule is CCCC1CCN(C(=O)c2cccc(C)c2O)CC1. The second-order valence-corrected chi connectivity index (χ2v) is 5.50. The van der Waals surface area contributed by atoms with E-state index in [9.17, 15) is 9.90 Å². The van der Waals surface area contributed by atoms with Crippen molar-refractivity contribution in [2.24, 2.45) is 5.92 Å². The van der Waals surface area contributed by atoms with Crippen LogP contribution in [-0.2, 0) is 0 Å². The minimum atomic E-state index is -0.0313. The number of nitrogens with zero attached hydrogens (tertiary/aromatic N) is 1. The van der Waals surface area contributed by atoms with Crippen molar-refractivity contribution in [3.05, 3.63) is 29.3 Å². The molecule has 1 heterocycles. The summed E-state index contributed by atoms with van der Waals surface area (Å²) in [4.78, 5) is 14.3. The van der Waals surface area contributed by atoms with Crippen LogP contribution in [0.15, 0.2) is 18.2 Å². The molecule has 19 heavy (non-hydrogen) atoms. The van der Waals surface area contributed by atoms with Crippen LogP contribution >= 0.6 is 0 Å². The van der Waals surface area contributed by atoms with Crippen LogP contribution < -0.4 is 0 Å². The maximum atomic E-state index is 12.4. The van der Waals surface area contributed by atoms with Crippen molar-refractivity contribution in [3.8, 4) is 5.75 Å². The molecular formula is C16H23NO2. The number of hydrogen-bond acceptors (Lipinski definition) is 2. The highest BCUT2D eigenvalue weighted by molar-refractivity contribution is 5.97. The maximum Gasteiger partial charge on any atom is 0.257 e. The highest BCUT2D eigenvalue weighted by Crippen LogP contribution is 2.26. The Hall–Kier alpha value is -1.51. The lowest BCUT2D eigenvalue weighted by Crippen LogP contribution is -2.38. The lowest BCUT2D eigenvalue weighted by Gasteiger charge is -2.32. The van der Waals surface area contributed by atoms with Gasteiger partial charge in [-0.1, -0.05) is 31.9 Å². The molecule has 0 aromatic heterocycles. The van der Waals surface area contributed by atoms with Gasteiger partial charge in [0.2, 0.25) is 0 Å². The Morgan fingerprint density at radius 3 is 2.68 bits per heavy atom. The first-order chi connectivity index (χ1) is 9.13. The Morgan fingerprint density at radius 1 is 1.37 bits per heavy atom. The number of para-hydroxylation sites is 1. The van der Waals surface area contributed by atoms with Crippen LogP contribution in [0.3, 0.4) is 0 Å². The zero-order chi connectivity index (χ0) is 13.8. The molecule has 1 amide bonds. The molecule has 104 valence electrons. The molecule has 0 unspecified atom stereocenters. The molecule has 0 bridgehead atoms. The van der Waals surface area contributed by atoms with Crippen LogP contribution in [-0.4, -0.2) is 29.0 Å². The molecule has 1 saturated heterocycles. The minimum Gasteiger partial charge on any atom is -0.507 e. The van der Waals surface area contributed by atoms with Gasteiger partial charge in [0.05, 0.1) is 5.56 Å². The van der Waals surface area contributed by atoms with Crippen LogP contribution in [0.4, 0.5) is 0 Å². The van der Waals surface area contributed by atoms with E-state index in [1.807, 2.05) is 24.0 Å². The summed E-state index contributed by atoms with van der Waals surface area (Å²) in [5, 5.41) is 9.99. The van der Waals surface area contributed by atoms with E-state index in [1.165, 1.54) is 12.8 Å². The molecule has 1 aromatic rings. The standard InChI is InChI=1S/C16H23NO2/c1-3-5-13-8-10-17(11-9-13)16(19)14-7-4-6-12(2)15(14)18/h4,6-7,13,18H,3,5,8-11H2,1-2H3. The van der Waals surface area contributed by atoms with Gasteiger partial charge < -0.3 is 10.0 Å². The number of piperidine rings is 1. The predicted molar refractivity (Wildman–Crippen MR) is 76.4 cm³/mol. The van der Waals surface area contributed by atoms with E-state index >= 15 is 0 Å². The fourth-order valence-corrected chi connectivity index (χ4v) is 2.83. The summed E-state index contributed by atoms with van der Waals surface area (Å²) in [5.74, 6) is 0.861. The molecule has 1 aliphatic rings. The number of phenolic OH excluding ortho intramolecular Hbond substituents is 1. The van der Waals surface area contributed by atoms with Gasteiger partial charge in [0, 0.05) is 13.1 Å². The third-order valence-electron chi connectivity index (χ3n) is 4.07. The van der Waals surface area contributed by atoms with Crippen molar-refractivity contribution in [1.82, 2.24) is 4.90 Å². The first-order valence-corrected chi connectivity index (χ1v) is 7.21. The molecule has 0 saturated carbocycles. The minimum absolute atomic E-state index is 0.0313. The number of aryl methyl sites for hydroxylation is 1. The molecule has 0 aliphatic carbocycles. The lowest BCUT2D eigenvalue weighted by molar-refractivity contribution is 0.0683. The second kappa shape index (κ2) is 6.09. The summed E-state index contributed by atoms with van der Waals surface area (Å²) in [7, 11) is 0. The Labute approximate surface area is 115 Å². The van der Waals surface area contributed by atoms with Gasteiger partial charge in [-0.25, -0.2) is 0 Å². The molecule has 1 N–H and O–H groups in total. The maximum absolute atomic E-state index is 12.4. The number of rotatable bonds is 3. The van der Waals surface area contributed by atoms with Crippen molar-refractivity contribution in [2.45, 2.75) is 39.5 Å². The van der Waals surface area contributed by atoms with Crippen LogP contribution in [0, 0.1) is 12.8 Å². The molecule has 1 fully saturated rings. The molecule has 0 spiro atoms. The molecule has 1 aromatic carbocycles. The van der Waals surface area contributed by atoms with E-state index in [2.05, 4.69) is 6.92 Å². The molecule has 3 nitrogen and oxygen atoms in total. The smallest absolute Gasteiger partial charge is 0.257 e. The summed E-state index contributed by atoms with van der Waals surface area (Å²) >= 11 is 0. The fraction of sp³-hybridized carbons (Fsp3) is 0.562. The van der Waals surface area contributed by atoms with Crippen LogP contribution in [0.5, 0.6) is 5.75 Å².